The molecule has 0 aromatic heterocycles. The average molecular weight is 412 g/mol. The van der Waals surface area contributed by atoms with Crippen molar-refractivity contribution in [3.8, 4) is 11.1 Å². The van der Waals surface area contributed by atoms with Gasteiger partial charge in [0.1, 0.15) is 5.66 Å². The third kappa shape index (κ3) is 3.72. The predicted octanol–water partition coefficient (Wildman–Crippen LogP) is 2.87. The first-order chi connectivity index (χ1) is 13.8. The molecular weight excluding hydrogens is 386 g/mol. The van der Waals surface area contributed by atoms with Crippen molar-refractivity contribution in [2.24, 2.45) is 21.5 Å². The van der Waals surface area contributed by atoms with Crippen molar-refractivity contribution in [3.05, 3.63) is 48.5 Å². The van der Waals surface area contributed by atoms with Crippen LogP contribution < -0.4 is 16.4 Å². The Hall–Kier alpha value is -2.87. The number of nitrogens with two attached hydrogens (primary N) is 2. The minimum atomic E-state index is -3.23. The topological polar surface area (TPSA) is 114 Å². The van der Waals surface area contributed by atoms with Crippen molar-refractivity contribution in [2.45, 2.75) is 42.7 Å². The highest BCUT2D eigenvalue weighted by Crippen LogP contribution is 2.40. The van der Waals surface area contributed by atoms with Crippen LogP contribution in [0.15, 0.2) is 63.4 Å². The Morgan fingerprint density at radius 3 is 2.31 bits per heavy atom. The standard InChI is InChI=1S/C21H25N5O2S/c1-29(27,28)18-10-8-15(9-11-18)16-6-5-7-17(14-16)26-20(23)24-19(22)25-21(26)12-3-2-4-13-21/h5-11,14H,2-4,12-13H2,1H3,(H4,22,23,24,25). The summed E-state index contributed by atoms with van der Waals surface area (Å²) in [5, 5.41) is 0. The molecular formula is C21H25N5O2S. The number of nitrogens with zero attached hydrogens (tertiary/aromatic N) is 3. The Kier molecular flexibility index (Phi) is 4.82. The zero-order valence-corrected chi connectivity index (χ0v) is 17.2. The van der Waals surface area contributed by atoms with Gasteiger partial charge in [-0.25, -0.2) is 13.4 Å². The summed E-state index contributed by atoms with van der Waals surface area (Å²) in [5.41, 5.74) is 14.5. The Morgan fingerprint density at radius 2 is 1.66 bits per heavy atom. The fraction of sp³-hybridized carbons (Fsp3) is 0.333. The smallest absolute Gasteiger partial charge is 0.220 e. The SMILES string of the molecule is CS(=O)(=O)c1ccc(-c2cccc(N3C(N)=NC(N)=NC34CCCCC4)c2)cc1. The summed E-state index contributed by atoms with van der Waals surface area (Å²) in [5.74, 6) is 0.581. The van der Waals surface area contributed by atoms with Crippen LogP contribution in [0.25, 0.3) is 11.1 Å². The van der Waals surface area contributed by atoms with Crippen molar-refractivity contribution in [1.29, 1.82) is 0 Å². The maximum atomic E-state index is 11.7. The van der Waals surface area contributed by atoms with Gasteiger partial charge in [0, 0.05) is 11.9 Å². The van der Waals surface area contributed by atoms with E-state index in [4.69, 9.17) is 16.5 Å². The molecule has 2 aromatic carbocycles. The highest BCUT2D eigenvalue weighted by atomic mass is 32.2. The Bertz CT molecular complexity index is 1080. The fourth-order valence-electron chi connectivity index (χ4n) is 4.21. The molecule has 0 saturated heterocycles. The first kappa shape index (κ1) is 19.4. The zero-order chi connectivity index (χ0) is 20.6. The lowest BCUT2D eigenvalue weighted by Gasteiger charge is -2.45. The van der Waals surface area contributed by atoms with Gasteiger partial charge in [0.15, 0.2) is 9.84 Å². The molecule has 8 heteroatoms. The second kappa shape index (κ2) is 7.18. The third-order valence-corrected chi connectivity index (χ3v) is 6.70. The lowest BCUT2D eigenvalue weighted by Crippen LogP contribution is -2.58. The van der Waals surface area contributed by atoms with Gasteiger partial charge in [-0.15, -0.1) is 0 Å². The quantitative estimate of drug-likeness (QED) is 0.806. The second-order valence-electron chi connectivity index (χ2n) is 7.67. The van der Waals surface area contributed by atoms with E-state index in [1.54, 1.807) is 12.1 Å². The minimum absolute atomic E-state index is 0.230. The third-order valence-electron chi connectivity index (χ3n) is 5.57. The minimum Gasteiger partial charge on any atom is -0.369 e. The first-order valence-electron chi connectivity index (χ1n) is 9.69. The zero-order valence-electron chi connectivity index (χ0n) is 16.4. The van der Waals surface area contributed by atoms with Crippen molar-refractivity contribution < 1.29 is 8.42 Å². The van der Waals surface area contributed by atoms with Gasteiger partial charge < -0.3 is 11.5 Å². The molecule has 1 aliphatic carbocycles. The normalized spacial score (nSPS) is 19.0. The summed E-state index contributed by atoms with van der Waals surface area (Å²) in [6, 6.07) is 14.9. The number of anilines is 1. The van der Waals surface area contributed by atoms with E-state index in [0.717, 1.165) is 42.5 Å². The van der Waals surface area contributed by atoms with Crippen LogP contribution in [0.5, 0.6) is 0 Å². The van der Waals surface area contributed by atoms with Crippen LogP contribution in [0, 0.1) is 0 Å². The van der Waals surface area contributed by atoms with E-state index in [1.807, 2.05) is 41.3 Å². The van der Waals surface area contributed by atoms with E-state index in [-0.39, 0.29) is 5.96 Å². The molecule has 29 heavy (non-hydrogen) atoms. The molecule has 0 atom stereocenters. The van der Waals surface area contributed by atoms with Gasteiger partial charge in [-0.2, -0.15) is 4.99 Å². The van der Waals surface area contributed by atoms with Crippen molar-refractivity contribution in [2.75, 3.05) is 11.2 Å². The Balaban J connectivity index is 1.73. The highest BCUT2D eigenvalue weighted by molar-refractivity contribution is 7.90. The monoisotopic (exact) mass is 411 g/mol. The van der Waals surface area contributed by atoms with Crippen molar-refractivity contribution in [3.63, 3.8) is 0 Å². The van der Waals surface area contributed by atoms with Crippen LogP contribution in [0.2, 0.25) is 0 Å². The summed E-state index contributed by atoms with van der Waals surface area (Å²) < 4.78 is 23.4. The molecule has 1 fully saturated rings. The molecule has 0 unspecified atom stereocenters. The van der Waals surface area contributed by atoms with E-state index >= 15 is 0 Å². The van der Waals surface area contributed by atoms with Crippen LogP contribution >= 0.6 is 0 Å². The molecule has 1 saturated carbocycles. The molecule has 0 amide bonds. The number of rotatable bonds is 3. The molecule has 1 aliphatic heterocycles. The molecule has 0 radical (unpaired) electrons. The number of guanidine groups is 2. The predicted molar refractivity (Wildman–Crippen MR) is 117 cm³/mol. The van der Waals surface area contributed by atoms with E-state index in [2.05, 4.69) is 4.99 Å². The molecule has 152 valence electrons. The Morgan fingerprint density at radius 1 is 0.966 bits per heavy atom. The average Bonchev–Trinajstić information content (AvgIpc) is 2.67. The number of aliphatic imine (C=N–C) groups is 2. The molecule has 1 heterocycles. The van der Waals surface area contributed by atoms with E-state index in [9.17, 15) is 8.42 Å². The number of hydrogen-bond acceptors (Lipinski definition) is 7. The number of benzene rings is 2. The van der Waals surface area contributed by atoms with E-state index in [0.29, 0.717) is 10.9 Å². The van der Waals surface area contributed by atoms with Crippen LogP contribution in [-0.4, -0.2) is 32.3 Å². The Labute approximate surface area is 171 Å². The van der Waals surface area contributed by atoms with Gasteiger partial charge in [-0.1, -0.05) is 30.7 Å². The van der Waals surface area contributed by atoms with Crippen LogP contribution in [0.1, 0.15) is 32.1 Å². The van der Waals surface area contributed by atoms with Gasteiger partial charge in [-0.05, 0) is 61.1 Å². The lowest BCUT2D eigenvalue weighted by atomic mass is 9.87. The van der Waals surface area contributed by atoms with Gasteiger partial charge in [0.05, 0.1) is 4.90 Å². The maximum Gasteiger partial charge on any atom is 0.220 e. The van der Waals surface area contributed by atoms with Gasteiger partial charge in [-0.3, -0.25) is 4.90 Å². The molecule has 7 nitrogen and oxygen atoms in total. The van der Waals surface area contributed by atoms with Crippen LogP contribution in [0.4, 0.5) is 5.69 Å². The summed E-state index contributed by atoms with van der Waals surface area (Å²) >= 11 is 0. The molecule has 4 N–H and O–H groups in total. The molecule has 0 bridgehead atoms. The lowest BCUT2D eigenvalue weighted by molar-refractivity contribution is 0.305. The largest absolute Gasteiger partial charge is 0.369 e. The summed E-state index contributed by atoms with van der Waals surface area (Å²) in [7, 11) is -3.23. The summed E-state index contributed by atoms with van der Waals surface area (Å²) in [6.07, 6.45) is 6.25. The fourth-order valence-corrected chi connectivity index (χ4v) is 4.84. The molecule has 1 spiro atoms. The number of hydrogen-bond donors (Lipinski definition) is 2. The van der Waals surface area contributed by atoms with Crippen LogP contribution in [0.3, 0.4) is 0 Å². The summed E-state index contributed by atoms with van der Waals surface area (Å²) in [4.78, 5) is 11.2. The van der Waals surface area contributed by atoms with E-state index < -0.39 is 15.5 Å². The van der Waals surface area contributed by atoms with Gasteiger partial charge >= 0.3 is 0 Å². The second-order valence-corrected chi connectivity index (χ2v) is 9.68. The number of sulfone groups is 1. The molecule has 2 aliphatic rings. The first-order valence-corrected chi connectivity index (χ1v) is 11.6. The van der Waals surface area contributed by atoms with Gasteiger partial charge in [0.2, 0.25) is 11.9 Å². The van der Waals surface area contributed by atoms with Crippen LogP contribution in [-0.2, 0) is 9.84 Å². The van der Waals surface area contributed by atoms with Gasteiger partial charge in [0.25, 0.3) is 0 Å². The van der Waals surface area contributed by atoms with Crippen molar-refractivity contribution in [1.82, 2.24) is 0 Å². The maximum absolute atomic E-state index is 11.7. The van der Waals surface area contributed by atoms with Crippen molar-refractivity contribution >= 4 is 27.4 Å². The summed E-state index contributed by atoms with van der Waals surface area (Å²) in [6.45, 7) is 0. The molecule has 4 rings (SSSR count). The molecule has 2 aromatic rings. The van der Waals surface area contributed by atoms with E-state index in [1.165, 1.54) is 12.7 Å². The highest BCUT2D eigenvalue weighted by Gasteiger charge is 2.42.